The number of hydrogen-bond acceptors (Lipinski definition) is 4. The van der Waals surface area contributed by atoms with E-state index in [1.807, 2.05) is 0 Å². The van der Waals surface area contributed by atoms with E-state index in [0.29, 0.717) is 11.3 Å². The fourth-order valence-electron chi connectivity index (χ4n) is 2.48. The Morgan fingerprint density at radius 3 is 2.28 bits per heavy atom. The van der Waals surface area contributed by atoms with E-state index >= 15 is 0 Å². The Labute approximate surface area is 178 Å². The first-order chi connectivity index (χ1) is 13.7. The van der Waals surface area contributed by atoms with Crippen molar-refractivity contribution in [1.29, 1.82) is 0 Å². The Hall–Kier alpha value is -2.29. The third-order valence-corrected chi connectivity index (χ3v) is 6.28. The lowest BCUT2D eigenvalue weighted by molar-refractivity contribution is -0.125. The van der Waals surface area contributed by atoms with Gasteiger partial charge in [-0.15, -0.1) is 0 Å². The summed E-state index contributed by atoms with van der Waals surface area (Å²) in [6.07, 6.45) is 2.05. The molecule has 29 heavy (non-hydrogen) atoms. The molecule has 1 aliphatic carbocycles. The first kappa shape index (κ1) is 21.4. The minimum Gasteiger partial charge on any atom is -0.352 e. The molecule has 3 N–H and O–H groups in total. The molecule has 3 rings (SSSR count). The van der Waals surface area contributed by atoms with Gasteiger partial charge in [0.2, 0.25) is 11.8 Å². The summed E-state index contributed by atoms with van der Waals surface area (Å²) in [4.78, 5) is 23.5. The zero-order valence-electron chi connectivity index (χ0n) is 15.2. The normalized spacial score (nSPS) is 13.6. The average molecular weight is 456 g/mol. The molecule has 2 amide bonds. The minimum absolute atomic E-state index is 0.0140. The molecular weight excluding hydrogens is 437 g/mol. The van der Waals surface area contributed by atoms with E-state index in [4.69, 9.17) is 23.2 Å². The van der Waals surface area contributed by atoms with Gasteiger partial charge in [-0.1, -0.05) is 35.3 Å². The van der Waals surface area contributed by atoms with Gasteiger partial charge in [-0.25, -0.2) is 8.42 Å². The monoisotopic (exact) mass is 455 g/mol. The second kappa shape index (κ2) is 9.02. The van der Waals surface area contributed by atoms with Crippen LogP contribution in [0.15, 0.2) is 47.4 Å². The Bertz CT molecular complexity index is 1020. The summed E-state index contributed by atoms with van der Waals surface area (Å²) in [5, 5.41) is 5.75. The smallest absolute Gasteiger partial charge is 0.261 e. The molecule has 7 nitrogen and oxygen atoms in total. The molecule has 10 heteroatoms. The molecule has 2 aromatic rings. The summed E-state index contributed by atoms with van der Waals surface area (Å²) in [6, 6.07) is 10.7. The summed E-state index contributed by atoms with van der Waals surface area (Å²) < 4.78 is 27.3. The molecule has 0 saturated heterocycles. The molecule has 0 unspecified atom stereocenters. The fraction of sp³-hybridized carbons (Fsp3) is 0.263. The van der Waals surface area contributed by atoms with Gasteiger partial charge in [-0.3, -0.25) is 14.3 Å². The molecule has 1 aliphatic rings. The van der Waals surface area contributed by atoms with Crippen molar-refractivity contribution in [2.75, 3.05) is 11.3 Å². The number of carbonyl (C=O) groups excluding carboxylic acids is 2. The van der Waals surface area contributed by atoms with Gasteiger partial charge >= 0.3 is 0 Å². The van der Waals surface area contributed by atoms with Gasteiger partial charge in [0.15, 0.2) is 0 Å². The highest BCUT2D eigenvalue weighted by atomic mass is 35.5. The standard InChI is InChI=1S/C19H19Cl2N3O4S/c20-16-8-7-15(10-17(16)21)29(27,28)24-14-3-1-12(2-4-14)9-18(25)22-11-19(26)23-13-5-6-13/h1-4,7-8,10,13,24H,5-6,9,11H2,(H,22,25)(H,23,26). The van der Waals surface area contributed by atoms with Crippen LogP contribution in [-0.4, -0.2) is 32.8 Å². The fourth-order valence-corrected chi connectivity index (χ4v) is 3.93. The number of sulfonamides is 1. The summed E-state index contributed by atoms with van der Waals surface area (Å²) in [5.41, 5.74) is 1.02. The number of halogens is 2. The first-order valence-electron chi connectivity index (χ1n) is 8.86. The molecule has 0 radical (unpaired) electrons. The van der Waals surface area contributed by atoms with E-state index in [1.165, 1.54) is 18.2 Å². The van der Waals surface area contributed by atoms with Gasteiger partial charge in [-0.05, 0) is 48.7 Å². The second-order valence-corrected chi connectivity index (χ2v) is 9.17. The minimum atomic E-state index is -3.83. The van der Waals surface area contributed by atoms with Crippen LogP contribution < -0.4 is 15.4 Å². The number of carbonyl (C=O) groups is 2. The molecular formula is C19H19Cl2N3O4S. The lowest BCUT2D eigenvalue weighted by Gasteiger charge is -2.10. The van der Waals surface area contributed by atoms with E-state index in [1.54, 1.807) is 24.3 Å². The first-order valence-corrected chi connectivity index (χ1v) is 11.1. The zero-order valence-corrected chi connectivity index (χ0v) is 17.6. The molecule has 0 bridgehead atoms. The van der Waals surface area contributed by atoms with Crippen molar-refractivity contribution in [3.05, 3.63) is 58.1 Å². The number of rotatable bonds is 8. The van der Waals surface area contributed by atoms with E-state index in [9.17, 15) is 18.0 Å². The number of amides is 2. The Kier molecular flexibility index (Phi) is 6.66. The maximum atomic E-state index is 12.4. The second-order valence-electron chi connectivity index (χ2n) is 6.67. The molecule has 1 saturated carbocycles. The van der Waals surface area contributed by atoms with Crippen LogP contribution in [-0.2, 0) is 26.0 Å². The van der Waals surface area contributed by atoms with Gasteiger partial charge in [0.25, 0.3) is 10.0 Å². The summed E-state index contributed by atoms with van der Waals surface area (Å²) >= 11 is 11.7. The third-order valence-electron chi connectivity index (χ3n) is 4.16. The molecule has 0 aliphatic heterocycles. The molecule has 0 aromatic heterocycles. The van der Waals surface area contributed by atoms with Crippen molar-refractivity contribution in [3.63, 3.8) is 0 Å². The lowest BCUT2D eigenvalue weighted by atomic mass is 10.1. The molecule has 0 spiro atoms. The predicted molar refractivity (Wildman–Crippen MR) is 112 cm³/mol. The topological polar surface area (TPSA) is 104 Å². The van der Waals surface area contributed by atoms with Gasteiger partial charge < -0.3 is 10.6 Å². The van der Waals surface area contributed by atoms with Crippen molar-refractivity contribution in [2.45, 2.75) is 30.2 Å². The van der Waals surface area contributed by atoms with Crippen LogP contribution in [0.25, 0.3) is 0 Å². The number of nitrogens with one attached hydrogen (secondary N) is 3. The maximum Gasteiger partial charge on any atom is 0.261 e. The summed E-state index contributed by atoms with van der Waals surface area (Å²) in [7, 11) is -3.83. The van der Waals surface area contributed by atoms with Crippen LogP contribution in [0.2, 0.25) is 10.0 Å². The van der Waals surface area contributed by atoms with Crippen molar-refractivity contribution < 1.29 is 18.0 Å². The Balaban J connectivity index is 1.54. The quantitative estimate of drug-likeness (QED) is 0.568. The van der Waals surface area contributed by atoms with Crippen molar-refractivity contribution in [1.82, 2.24) is 10.6 Å². The SMILES string of the molecule is O=C(Cc1ccc(NS(=O)(=O)c2ccc(Cl)c(Cl)c2)cc1)NCC(=O)NC1CC1. The van der Waals surface area contributed by atoms with Gasteiger partial charge in [0, 0.05) is 11.7 Å². The predicted octanol–water partition coefficient (Wildman–Crippen LogP) is 2.73. The molecule has 1 fully saturated rings. The van der Waals surface area contributed by atoms with Crippen LogP contribution >= 0.6 is 23.2 Å². The van der Waals surface area contributed by atoms with Gasteiger partial charge in [0.1, 0.15) is 0 Å². The van der Waals surface area contributed by atoms with Crippen LogP contribution in [0.1, 0.15) is 18.4 Å². The maximum absolute atomic E-state index is 12.4. The molecule has 0 atom stereocenters. The van der Waals surface area contributed by atoms with Crippen LogP contribution in [0.3, 0.4) is 0 Å². The van der Waals surface area contributed by atoms with Crippen LogP contribution in [0.4, 0.5) is 5.69 Å². The Morgan fingerprint density at radius 1 is 0.966 bits per heavy atom. The average Bonchev–Trinajstić information content (AvgIpc) is 3.47. The molecule has 154 valence electrons. The van der Waals surface area contributed by atoms with Crippen LogP contribution in [0, 0.1) is 0 Å². The number of benzene rings is 2. The molecule has 0 heterocycles. The Morgan fingerprint density at radius 2 is 1.66 bits per heavy atom. The van der Waals surface area contributed by atoms with Gasteiger partial charge in [0.05, 0.1) is 27.9 Å². The highest BCUT2D eigenvalue weighted by molar-refractivity contribution is 7.92. The van der Waals surface area contributed by atoms with Crippen molar-refractivity contribution >= 4 is 50.7 Å². The van der Waals surface area contributed by atoms with Crippen molar-refractivity contribution in [2.24, 2.45) is 0 Å². The van der Waals surface area contributed by atoms with Gasteiger partial charge in [-0.2, -0.15) is 0 Å². The van der Waals surface area contributed by atoms with E-state index in [0.717, 1.165) is 12.8 Å². The van der Waals surface area contributed by atoms with E-state index < -0.39 is 10.0 Å². The largest absolute Gasteiger partial charge is 0.352 e. The summed E-state index contributed by atoms with van der Waals surface area (Å²) in [6.45, 7) is -0.0587. The number of anilines is 1. The van der Waals surface area contributed by atoms with E-state index in [-0.39, 0.29) is 45.8 Å². The number of hydrogen-bond donors (Lipinski definition) is 3. The van der Waals surface area contributed by atoms with Crippen molar-refractivity contribution in [3.8, 4) is 0 Å². The zero-order chi connectivity index (χ0) is 21.0. The molecule has 2 aromatic carbocycles. The highest BCUT2D eigenvalue weighted by Gasteiger charge is 2.23. The highest BCUT2D eigenvalue weighted by Crippen LogP contribution is 2.26. The summed E-state index contributed by atoms with van der Waals surface area (Å²) in [5.74, 6) is -0.493. The lowest BCUT2D eigenvalue weighted by Crippen LogP contribution is -2.38. The van der Waals surface area contributed by atoms with E-state index in [2.05, 4.69) is 15.4 Å². The van der Waals surface area contributed by atoms with Crippen LogP contribution in [0.5, 0.6) is 0 Å². The third kappa shape index (κ3) is 6.35.